The van der Waals surface area contributed by atoms with Crippen LogP contribution in [0.25, 0.3) is 0 Å². The Morgan fingerprint density at radius 3 is 2.82 bits per heavy atom. The van der Waals surface area contributed by atoms with Crippen molar-refractivity contribution in [2.75, 3.05) is 5.32 Å². The van der Waals surface area contributed by atoms with E-state index in [9.17, 15) is 0 Å². The van der Waals surface area contributed by atoms with Gasteiger partial charge in [-0.25, -0.2) is 15.0 Å². The van der Waals surface area contributed by atoms with Gasteiger partial charge in [0, 0.05) is 11.6 Å². The molecular weight excluding hydrogens is 234 g/mol. The van der Waals surface area contributed by atoms with Gasteiger partial charge >= 0.3 is 0 Å². The maximum absolute atomic E-state index is 8.63. The van der Waals surface area contributed by atoms with Crippen LogP contribution in [-0.4, -0.2) is 15.0 Å². The first-order chi connectivity index (χ1) is 8.33. The summed E-state index contributed by atoms with van der Waals surface area (Å²) in [6.45, 7) is 2.08. The van der Waals surface area contributed by atoms with Crippen LogP contribution in [0, 0.1) is 11.3 Å². The largest absolute Gasteiger partial charge is 0.360 e. The normalized spacial score (nSPS) is 11.8. The van der Waals surface area contributed by atoms with E-state index in [2.05, 4.69) is 27.2 Å². The molecule has 1 N–H and O–H groups in total. The SMILES string of the molecule is CCC(Nc1cnc(C#N)cn1)c1nccs1. The number of rotatable bonds is 4. The Labute approximate surface area is 103 Å². The van der Waals surface area contributed by atoms with Gasteiger partial charge in [-0.15, -0.1) is 11.3 Å². The molecule has 0 saturated heterocycles. The first-order valence-electron chi connectivity index (χ1n) is 5.21. The molecule has 0 saturated carbocycles. The fourth-order valence-corrected chi connectivity index (χ4v) is 2.16. The zero-order valence-electron chi connectivity index (χ0n) is 9.29. The third-order valence-electron chi connectivity index (χ3n) is 2.25. The quantitative estimate of drug-likeness (QED) is 0.895. The van der Waals surface area contributed by atoms with Crippen LogP contribution in [0.5, 0.6) is 0 Å². The lowest BCUT2D eigenvalue weighted by atomic mass is 10.2. The van der Waals surface area contributed by atoms with Gasteiger partial charge in [-0.2, -0.15) is 5.26 Å². The molecule has 0 aliphatic heterocycles. The van der Waals surface area contributed by atoms with Gasteiger partial charge in [-0.3, -0.25) is 0 Å². The number of nitriles is 1. The minimum Gasteiger partial charge on any atom is -0.360 e. The highest BCUT2D eigenvalue weighted by Gasteiger charge is 2.12. The van der Waals surface area contributed by atoms with E-state index in [1.54, 1.807) is 23.7 Å². The maximum atomic E-state index is 8.63. The number of hydrogen-bond donors (Lipinski definition) is 1. The molecule has 86 valence electrons. The summed E-state index contributed by atoms with van der Waals surface area (Å²) in [6.07, 6.45) is 5.72. The summed E-state index contributed by atoms with van der Waals surface area (Å²) in [5.41, 5.74) is 0.317. The van der Waals surface area contributed by atoms with Gasteiger partial charge in [0.15, 0.2) is 5.69 Å². The molecule has 2 aromatic heterocycles. The highest BCUT2D eigenvalue weighted by Crippen LogP contribution is 2.22. The van der Waals surface area contributed by atoms with Crippen LogP contribution in [-0.2, 0) is 0 Å². The van der Waals surface area contributed by atoms with Gasteiger partial charge < -0.3 is 5.32 Å². The number of hydrogen-bond acceptors (Lipinski definition) is 6. The van der Waals surface area contributed by atoms with Crippen LogP contribution in [0.2, 0.25) is 0 Å². The first kappa shape index (κ1) is 11.5. The summed E-state index contributed by atoms with van der Waals surface area (Å²) in [5, 5.41) is 14.8. The van der Waals surface area contributed by atoms with Gasteiger partial charge in [-0.05, 0) is 6.42 Å². The molecule has 0 aliphatic rings. The Morgan fingerprint density at radius 2 is 2.29 bits per heavy atom. The summed E-state index contributed by atoms with van der Waals surface area (Å²) >= 11 is 1.61. The molecule has 0 radical (unpaired) electrons. The minimum atomic E-state index is 0.136. The molecule has 6 heteroatoms. The second kappa shape index (κ2) is 5.37. The molecule has 0 aliphatic carbocycles. The van der Waals surface area contributed by atoms with Crippen molar-refractivity contribution >= 4 is 17.2 Å². The van der Waals surface area contributed by atoms with Crippen LogP contribution in [0.3, 0.4) is 0 Å². The van der Waals surface area contributed by atoms with Crippen LogP contribution in [0.15, 0.2) is 24.0 Å². The van der Waals surface area contributed by atoms with E-state index < -0.39 is 0 Å². The van der Waals surface area contributed by atoms with Gasteiger partial charge in [0.05, 0.1) is 18.4 Å². The average Bonchev–Trinajstić information content (AvgIpc) is 2.90. The highest BCUT2D eigenvalue weighted by atomic mass is 32.1. The molecule has 0 aromatic carbocycles. The minimum absolute atomic E-state index is 0.136. The fourth-order valence-electron chi connectivity index (χ4n) is 1.38. The summed E-state index contributed by atoms with van der Waals surface area (Å²) in [7, 11) is 0. The molecule has 1 atom stereocenters. The maximum Gasteiger partial charge on any atom is 0.158 e. The van der Waals surface area contributed by atoms with Gasteiger partial charge in [-0.1, -0.05) is 6.92 Å². The van der Waals surface area contributed by atoms with Crippen molar-refractivity contribution in [2.24, 2.45) is 0 Å². The van der Waals surface area contributed by atoms with E-state index in [0.717, 1.165) is 11.4 Å². The molecule has 0 bridgehead atoms. The lowest BCUT2D eigenvalue weighted by molar-refractivity contribution is 0.736. The molecule has 0 spiro atoms. The third-order valence-corrected chi connectivity index (χ3v) is 3.14. The molecule has 0 fully saturated rings. The molecule has 2 rings (SSSR count). The molecule has 2 heterocycles. The standard InChI is InChI=1S/C11H11N5S/c1-2-9(11-13-3-4-17-11)16-10-7-14-8(5-12)6-15-10/h3-4,6-7,9H,2H2,1H3,(H,15,16). The highest BCUT2D eigenvalue weighted by molar-refractivity contribution is 7.09. The lowest BCUT2D eigenvalue weighted by Gasteiger charge is -2.14. The van der Waals surface area contributed by atoms with Crippen molar-refractivity contribution in [2.45, 2.75) is 19.4 Å². The summed E-state index contributed by atoms with van der Waals surface area (Å²) in [6, 6.07) is 2.07. The Balaban J connectivity index is 2.11. The fraction of sp³-hybridized carbons (Fsp3) is 0.273. The zero-order valence-corrected chi connectivity index (χ0v) is 10.1. The van der Waals surface area contributed by atoms with Crippen molar-refractivity contribution in [3.8, 4) is 6.07 Å². The molecular formula is C11H11N5S. The second-order valence-electron chi connectivity index (χ2n) is 3.37. The van der Waals surface area contributed by atoms with E-state index in [4.69, 9.17) is 5.26 Å². The van der Waals surface area contributed by atoms with E-state index in [0.29, 0.717) is 11.5 Å². The van der Waals surface area contributed by atoms with Gasteiger partial charge in [0.2, 0.25) is 0 Å². The predicted molar refractivity (Wildman–Crippen MR) is 65.5 cm³/mol. The van der Waals surface area contributed by atoms with Crippen LogP contribution in [0.4, 0.5) is 5.82 Å². The number of aromatic nitrogens is 3. The average molecular weight is 245 g/mol. The van der Waals surface area contributed by atoms with Crippen molar-refractivity contribution in [3.63, 3.8) is 0 Å². The monoisotopic (exact) mass is 245 g/mol. The van der Waals surface area contributed by atoms with E-state index in [1.807, 2.05) is 11.4 Å². The first-order valence-corrected chi connectivity index (χ1v) is 6.09. The Hall–Kier alpha value is -2.00. The zero-order chi connectivity index (χ0) is 12.1. The third kappa shape index (κ3) is 2.77. The second-order valence-corrected chi connectivity index (χ2v) is 4.30. The number of anilines is 1. The predicted octanol–water partition coefficient (Wildman–Crippen LogP) is 2.37. The summed E-state index contributed by atoms with van der Waals surface area (Å²) in [4.78, 5) is 12.4. The summed E-state index contributed by atoms with van der Waals surface area (Å²) in [5.74, 6) is 0.658. The lowest BCUT2D eigenvalue weighted by Crippen LogP contribution is -2.10. The molecule has 0 amide bonds. The number of nitrogens with zero attached hydrogens (tertiary/aromatic N) is 4. The van der Waals surface area contributed by atoms with Crippen molar-refractivity contribution in [1.29, 1.82) is 5.26 Å². The van der Waals surface area contributed by atoms with Crippen LogP contribution >= 0.6 is 11.3 Å². The number of nitrogens with one attached hydrogen (secondary N) is 1. The smallest absolute Gasteiger partial charge is 0.158 e. The topological polar surface area (TPSA) is 74.5 Å². The summed E-state index contributed by atoms with van der Waals surface area (Å²) < 4.78 is 0. The van der Waals surface area contributed by atoms with E-state index >= 15 is 0 Å². The molecule has 1 unspecified atom stereocenters. The number of thiazole rings is 1. The van der Waals surface area contributed by atoms with Crippen LogP contribution < -0.4 is 5.32 Å². The molecule has 5 nitrogen and oxygen atoms in total. The van der Waals surface area contributed by atoms with Crippen molar-refractivity contribution in [1.82, 2.24) is 15.0 Å². The Morgan fingerprint density at radius 1 is 1.41 bits per heavy atom. The van der Waals surface area contributed by atoms with Crippen molar-refractivity contribution < 1.29 is 0 Å². The van der Waals surface area contributed by atoms with E-state index in [-0.39, 0.29) is 6.04 Å². The van der Waals surface area contributed by atoms with Gasteiger partial charge in [0.1, 0.15) is 16.9 Å². The van der Waals surface area contributed by atoms with Crippen LogP contribution in [0.1, 0.15) is 30.1 Å². The van der Waals surface area contributed by atoms with E-state index in [1.165, 1.54) is 6.20 Å². The Bertz CT molecular complexity index is 500. The van der Waals surface area contributed by atoms with Gasteiger partial charge in [0.25, 0.3) is 0 Å². The molecule has 17 heavy (non-hydrogen) atoms. The van der Waals surface area contributed by atoms with Crippen molar-refractivity contribution in [3.05, 3.63) is 34.7 Å². The molecule has 2 aromatic rings. The Kier molecular flexibility index (Phi) is 3.62.